The number of hydrogen-bond donors (Lipinski definition) is 1. The largest absolute Gasteiger partial charge is 0.497 e. The highest BCUT2D eigenvalue weighted by molar-refractivity contribution is 7.89. The van der Waals surface area contributed by atoms with Crippen LogP contribution in [0.15, 0.2) is 47.4 Å². The average Bonchev–Trinajstić information content (AvgIpc) is 2.73. The SMILES string of the molecule is COc1cc(NC(=O)C2CCCN(S(=O)(=O)c3ccc(F)cc3)C2)cc(OC)c1. The van der Waals surface area contributed by atoms with Crippen molar-refractivity contribution in [3.63, 3.8) is 0 Å². The van der Waals surface area contributed by atoms with Gasteiger partial charge in [0.05, 0.1) is 25.0 Å². The van der Waals surface area contributed by atoms with Crippen molar-refractivity contribution < 1.29 is 27.1 Å². The molecule has 0 spiro atoms. The lowest BCUT2D eigenvalue weighted by Crippen LogP contribution is -2.43. The molecule has 0 saturated carbocycles. The van der Waals surface area contributed by atoms with E-state index in [0.29, 0.717) is 36.6 Å². The van der Waals surface area contributed by atoms with Gasteiger partial charge < -0.3 is 14.8 Å². The molecule has 1 fully saturated rings. The number of carbonyl (C=O) groups excluding carboxylic acids is 1. The van der Waals surface area contributed by atoms with Crippen molar-refractivity contribution >= 4 is 21.6 Å². The number of nitrogens with zero attached hydrogens (tertiary/aromatic N) is 1. The monoisotopic (exact) mass is 422 g/mol. The van der Waals surface area contributed by atoms with Crippen molar-refractivity contribution in [2.45, 2.75) is 17.7 Å². The number of halogens is 1. The second-order valence-electron chi connectivity index (χ2n) is 6.75. The van der Waals surface area contributed by atoms with Crippen molar-refractivity contribution in [1.82, 2.24) is 4.31 Å². The zero-order chi connectivity index (χ0) is 21.0. The first-order valence-corrected chi connectivity index (χ1v) is 10.6. The van der Waals surface area contributed by atoms with Crippen LogP contribution >= 0.6 is 0 Å². The minimum atomic E-state index is -3.79. The van der Waals surface area contributed by atoms with Crippen molar-refractivity contribution in [1.29, 1.82) is 0 Å². The van der Waals surface area contributed by atoms with Gasteiger partial charge in [-0.05, 0) is 37.1 Å². The number of anilines is 1. The molecule has 1 N–H and O–H groups in total. The highest BCUT2D eigenvalue weighted by Crippen LogP contribution is 2.28. The Morgan fingerprint density at radius 3 is 2.31 bits per heavy atom. The molecule has 0 aliphatic carbocycles. The first kappa shape index (κ1) is 21.1. The van der Waals surface area contributed by atoms with Gasteiger partial charge in [-0.3, -0.25) is 4.79 Å². The molecule has 1 unspecified atom stereocenters. The molecule has 1 atom stereocenters. The van der Waals surface area contributed by atoms with Crippen LogP contribution in [0.3, 0.4) is 0 Å². The van der Waals surface area contributed by atoms with Crippen LogP contribution in [-0.2, 0) is 14.8 Å². The van der Waals surface area contributed by atoms with Crippen molar-refractivity contribution in [3.8, 4) is 11.5 Å². The van der Waals surface area contributed by atoms with Gasteiger partial charge in [0.15, 0.2) is 0 Å². The molecule has 7 nitrogen and oxygen atoms in total. The van der Waals surface area contributed by atoms with E-state index in [4.69, 9.17) is 9.47 Å². The molecule has 0 radical (unpaired) electrons. The lowest BCUT2D eigenvalue weighted by atomic mass is 9.98. The number of sulfonamides is 1. The van der Waals surface area contributed by atoms with Crippen molar-refractivity contribution in [2.75, 3.05) is 32.6 Å². The summed E-state index contributed by atoms with van der Waals surface area (Å²) in [6.45, 7) is 0.378. The summed E-state index contributed by atoms with van der Waals surface area (Å²) >= 11 is 0. The first-order chi connectivity index (χ1) is 13.8. The van der Waals surface area contributed by atoms with Crippen LogP contribution < -0.4 is 14.8 Å². The van der Waals surface area contributed by atoms with E-state index in [9.17, 15) is 17.6 Å². The molecule has 2 aromatic rings. The average molecular weight is 422 g/mol. The van der Waals surface area contributed by atoms with Gasteiger partial charge in [0, 0.05) is 37.0 Å². The molecule has 1 heterocycles. The molecule has 1 aliphatic rings. The second-order valence-corrected chi connectivity index (χ2v) is 8.68. The zero-order valence-electron chi connectivity index (χ0n) is 16.2. The lowest BCUT2D eigenvalue weighted by molar-refractivity contribution is -0.120. The van der Waals surface area contributed by atoms with E-state index in [0.717, 1.165) is 12.1 Å². The fourth-order valence-corrected chi connectivity index (χ4v) is 4.78. The lowest BCUT2D eigenvalue weighted by Gasteiger charge is -2.31. The van der Waals surface area contributed by atoms with Gasteiger partial charge in [-0.1, -0.05) is 0 Å². The van der Waals surface area contributed by atoms with Crippen LogP contribution in [0.2, 0.25) is 0 Å². The van der Waals surface area contributed by atoms with E-state index in [1.165, 1.54) is 30.7 Å². The number of ether oxygens (including phenoxy) is 2. The predicted molar refractivity (Wildman–Crippen MR) is 106 cm³/mol. The van der Waals surface area contributed by atoms with E-state index in [-0.39, 0.29) is 17.3 Å². The first-order valence-electron chi connectivity index (χ1n) is 9.13. The zero-order valence-corrected chi connectivity index (χ0v) is 17.0. The highest BCUT2D eigenvalue weighted by atomic mass is 32.2. The Hall–Kier alpha value is -2.65. The Morgan fingerprint density at radius 1 is 1.10 bits per heavy atom. The number of piperidine rings is 1. The van der Waals surface area contributed by atoms with E-state index in [1.807, 2.05) is 0 Å². The summed E-state index contributed by atoms with van der Waals surface area (Å²) in [5.41, 5.74) is 0.504. The molecule has 29 heavy (non-hydrogen) atoms. The summed E-state index contributed by atoms with van der Waals surface area (Å²) in [6, 6.07) is 9.70. The Morgan fingerprint density at radius 2 is 1.72 bits per heavy atom. The summed E-state index contributed by atoms with van der Waals surface area (Å²) in [5, 5.41) is 2.81. The number of carbonyl (C=O) groups is 1. The maximum atomic E-state index is 13.1. The Kier molecular flexibility index (Phi) is 6.39. The van der Waals surface area contributed by atoms with Crippen LogP contribution in [0, 0.1) is 11.7 Å². The van der Waals surface area contributed by atoms with Gasteiger partial charge >= 0.3 is 0 Å². The van der Waals surface area contributed by atoms with Gasteiger partial charge in [0.2, 0.25) is 15.9 Å². The fourth-order valence-electron chi connectivity index (χ4n) is 3.25. The van der Waals surface area contributed by atoms with E-state index < -0.39 is 21.8 Å². The molecule has 0 aromatic heterocycles. The number of rotatable bonds is 6. The molecule has 3 rings (SSSR count). The van der Waals surface area contributed by atoms with Gasteiger partial charge in [-0.15, -0.1) is 0 Å². The maximum Gasteiger partial charge on any atom is 0.243 e. The summed E-state index contributed by atoms with van der Waals surface area (Å²) in [7, 11) is -0.766. The molecule has 2 aromatic carbocycles. The Bertz CT molecular complexity index is 957. The van der Waals surface area contributed by atoms with Crippen molar-refractivity contribution in [2.24, 2.45) is 5.92 Å². The molecular weight excluding hydrogens is 399 g/mol. The standard InChI is InChI=1S/C20H23FN2O5S/c1-27-17-10-16(11-18(12-17)28-2)22-20(24)14-4-3-9-23(13-14)29(25,26)19-7-5-15(21)6-8-19/h5-8,10-12,14H,3-4,9,13H2,1-2H3,(H,22,24). The highest BCUT2D eigenvalue weighted by Gasteiger charge is 2.33. The van der Waals surface area contributed by atoms with Gasteiger partial charge in [-0.25, -0.2) is 12.8 Å². The van der Waals surface area contributed by atoms with Crippen LogP contribution in [0.5, 0.6) is 11.5 Å². The quantitative estimate of drug-likeness (QED) is 0.774. The summed E-state index contributed by atoms with van der Waals surface area (Å²) in [4.78, 5) is 12.8. The molecule has 9 heteroatoms. The van der Waals surface area contributed by atoms with Gasteiger partial charge in [0.1, 0.15) is 17.3 Å². The predicted octanol–water partition coefficient (Wildman–Crippen LogP) is 2.88. The van der Waals surface area contributed by atoms with Crippen LogP contribution in [-0.4, -0.2) is 45.9 Å². The smallest absolute Gasteiger partial charge is 0.243 e. The molecule has 1 aliphatic heterocycles. The van der Waals surface area contributed by atoms with E-state index in [1.54, 1.807) is 18.2 Å². The van der Waals surface area contributed by atoms with E-state index in [2.05, 4.69) is 5.32 Å². The molecule has 1 saturated heterocycles. The van der Waals surface area contributed by atoms with Crippen LogP contribution in [0.1, 0.15) is 12.8 Å². The van der Waals surface area contributed by atoms with Gasteiger partial charge in [-0.2, -0.15) is 4.31 Å². The third kappa shape index (κ3) is 4.86. The molecular formula is C20H23FN2O5S. The number of hydrogen-bond acceptors (Lipinski definition) is 5. The minimum Gasteiger partial charge on any atom is -0.497 e. The van der Waals surface area contributed by atoms with Gasteiger partial charge in [0.25, 0.3) is 0 Å². The molecule has 1 amide bonds. The topological polar surface area (TPSA) is 84.9 Å². The number of amides is 1. The third-order valence-corrected chi connectivity index (χ3v) is 6.70. The van der Waals surface area contributed by atoms with E-state index >= 15 is 0 Å². The molecule has 0 bridgehead atoms. The van der Waals surface area contributed by atoms with Crippen molar-refractivity contribution in [3.05, 3.63) is 48.3 Å². The van der Waals surface area contributed by atoms with Crippen LogP contribution in [0.4, 0.5) is 10.1 Å². The summed E-state index contributed by atoms with van der Waals surface area (Å²) in [6.07, 6.45) is 1.13. The maximum absolute atomic E-state index is 13.1. The number of nitrogens with one attached hydrogen (secondary N) is 1. The number of benzene rings is 2. The Balaban J connectivity index is 1.73. The Labute approximate surface area is 169 Å². The second kappa shape index (κ2) is 8.79. The summed E-state index contributed by atoms with van der Waals surface area (Å²) < 4.78 is 50.5. The third-order valence-electron chi connectivity index (χ3n) is 4.83. The normalized spacial score (nSPS) is 17.6. The number of methoxy groups -OCH3 is 2. The fraction of sp³-hybridized carbons (Fsp3) is 0.350. The molecule has 156 valence electrons. The minimum absolute atomic E-state index is 0.0116. The van der Waals surface area contributed by atoms with Crippen LogP contribution in [0.25, 0.3) is 0 Å². The summed E-state index contributed by atoms with van der Waals surface area (Å²) in [5.74, 6) is -0.225.